The van der Waals surface area contributed by atoms with Crippen LogP contribution in [0.1, 0.15) is 12.8 Å². The van der Waals surface area contributed by atoms with Gasteiger partial charge in [-0.1, -0.05) is 17.4 Å². The molecule has 2 aromatic heterocycles. The van der Waals surface area contributed by atoms with Crippen molar-refractivity contribution >= 4 is 48.8 Å². The van der Waals surface area contributed by atoms with E-state index in [1.165, 1.54) is 15.6 Å². The number of aromatic nitrogens is 1. The summed E-state index contributed by atoms with van der Waals surface area (Å²) in [6.07, 6.45) is 1.11. The van der Waals surface area contributed by atoms with E-state index in [0.717, 1.165) is 21.6 Å². The number of thiazole rings is 1. The Hall–Kier alpha value is -2.21. The highest BCUT2D eigenvalue weighted by Crippen LogP contribution is 2.36. The van der Waals surface area contributed by atoms with Crippen molar-refractivity contribution < 1.29 is 22.7 Å². The Kier molecular flexibility index (Phi) is 4.50. The molecular weight excluding hydrogens is 434 g/mol. The molecule has 0 radical (unpaired) electrons. The Morgan fingerprint density at radius 2 is 2.07 bits per heavy atom. The van der Waals surface area contributed by atoms with E-state index in [0.29, 0.717) is 35.7 Å². The zero-order chi connectivity index (χ0) is 20.2. The van der Waals surface area contributed by atoms with Gasteiger partial charge in [0, 0.05) is 25.7 Å². The molecule has 0 bridgehead atoms. The molecule has 1 amide bonds. The maximum atomic E-state index is 12.9. The molecule has 2 aliphatic rings. The van der Waals surface area contributed by atoms with Gasteiger partial charge in [-0.2, -0.15) is 9.30 Å². The minimum Gasteiger partial charge on any atom is -0.454 e. The average molecular weight is 452 g/mol. The summed E-state index contributed by atoms with van der Waals surface area (Å²) in [6, 6.07) is 6.21. The van der Waals surface area contributed by atoms with Crippen molar-refractivity contribution in [3.8, 4) is 11.5 Å². The second kappa shape index (κ2) is 6.94. The zero-order valence-electron chi connectivity index (χ0n) is 15.4. The molecule has 152 valence electrons. The Morgan fingerprint density at radius 1 is 1.28 bits per heavy atom. The fourth-order valence-corrected chi connectivity index (χ4v) is 7.40. The van der Waals surface area contributed by atoms with E-state index in [1.807, 2.05) is 23.7 Å². The largest absolute Gasteiger partial charge is 0.454 e. The van der Waals surface area contributed by atoms with Crippen LogP contribution in [0.2, 0.25) is 0 Å². The van der Waals surface area contributed by atoms with Gasteiger partial charge in [0.05, 0.1) is 10.2 Å². The van der Waals surface area contributed by atoms with E-state index < -0.39 is 22.0 Å². The molecule has 4 heterocycles. The molecule has 2 aliphatic heterocycles. The van der Waals surface area contributed by atoms with Gasteiger partial charge in [0.2, 0.25) is 6.79 Å². The number of carbonyl (C=O) groups is 1. The minimum absolute atomic E-state index is 0.197. The number of hydrogen-bond acceptors (Lipinski definition) is 7. The molecule has 1 aromatic carbocycles. The van der Waals surface area contributed by atoms with Crippen LogP contribution in [0.15, 0.2) is 38.8 Å². The molecule has 0 saturated carbocycles. The van der Waals surface area contributed by atoms with Crippen LogP contribution < -0.4 is 14.3 Å². The lowest BCUT2D eigenvalue weighted by Gasteiger charge is -2.20. The predicted molar refractivity (Wildman–Crippen MR) is 109 cm³/mol. The third-order valence-corrected chi connectivity index (χ3v) is 9.43. The first-order chi connectivity index (χ1) is 13.9. The lowest BCUT2D eigenvalue weighted by Crippen LogP contribution is -2.40. The van der Waals surface area contributed by atoms with Gasteiger partial charge in [-0.15, -0.1) is 11.3 Å². The molecular formula is C18H17N3O5S3. The molecule has 1 atom stereocenters. The van der Waals surface area contributed by atoms with Gasteiger partial charge in [0.1, 0.15) is 10.3 Å². The highest BCUT2D eigenvalue weighted by atomic mass is 32.2. The number of benzene rings is 1. The van der Waals surface area contributed by atoms with Gasteiger partial charge in [-0.05, 0) is 24.3 Å². The van der Waals surface area contributed by atoms with Crippen LogP contribution >= 0.6 is 22.7 Å². The van der Waals surface area contributed by atoms with E-state index in [2.05, 4.69) is 4.99 Å². The van der Waals surface area contributed by atoms with E-state index >= 15 is 0 Å². The fourth-order valence-electron chi connectivity index (χ4n) is 3.59. The van der Waals surface area contributed by atoms with Crippen molar-refractivity contribution in [2.24, 2.45) is 12.0 Å². The maximum Gasteiger partial charge on any atom is 0.266 e. The van der Waals surface area contributed by atoms with Crippen LogP contribution in [0.4, 0.5) is 0 Å². The third kappa shape index (κ3) is 3.08. The van der Waals surface area contributed by atoms with E-state index in [4.69, 9.17) is 9.47 Å². The fraction of sp³-hybridized carbons (Fsp3) is 0.333. The number of ether oxygens (including phenoxy) is 2. The lowest BCUT2D eigenvalue weighted by molar-refractivity contribution is -0.121. The van der Waals surface area contributed by atoms with Gasteiger partial charge in [0.15, 0.2) is 16.3 Å². The van der Waals surface area contributed by atoms with Crippen LogP contribution in [-0.2, 0) is 21.9 Å². The lowest BCUT2D eigenvalue weighted by atomic mass is 10.2. The van der Waals surface area contributed by atoms with Crippen molar-refractivity contribution in [1.29, 1.82) is 0 Å². The van der Waals surface area contributed by atoms with Crippen LogP contribution in [0, 0.1) is 0 Å². The quantitative estimate of drug-likeness (QED) is 0.610. The molecule has 3 aromatic rings. The highest BCUT2D eigenvalue weighted by molar-refractivity contribution is 7.91. The Labute approximate surface area is 174 Å². The second-order valence-electron chi connectivity index (χ2n) is 6.77. The zero-order valence-corrected chi connectivity index (χ0v) is 17.8. The number of sulfonamides is 1. The van der Waals surface area contributed by atoms with Crippen molar-refractivity contribution in [2.45, 2.75) is 23.1 Å². The topological polar surface area (TPSA) is 90.2 Å². The van der Waals surface area contributed by atoms with Crippen molar-refractivity contribution in [3.05, 3.63) is 34.4 Å². The summed E-state index contributed by atoms with van der Waals surface area (Å²) in [5.41, 5.74) is 0.875. The molecule has 0 N–H and O–H groups in total. The molecule has 5 rings (SSSR count). The van der Waals surface area contributed by atoms with E-state index in [1.54, 1.807) is 17.5 Å². The summed E-state index contributed by atoms with van der Waals surface area (Å²) in [5, 5.41) is 1.71. The number of fused-ring (bicyclic) bond motifs is 2. The van der Waals surface area contributed by atoms with Gasteiger partial charge in [-0.3, -0.25) is 4.79 Å². The molecule has 29 heavy (non-hydrogen) atoms. The number of thiophene rings is 1. The minimum atomic E-state index is -3.69. The van der Waals surface area contributed by atoms with Gasteiger partial charge >= 0.3 is 0 Å². The number of rotatable bonds is 3. The Balaban J connectivity index is 1.51. The predicted octanol–water partition coefficient (Wildman–Crippen LogP) is 2.31. The molecule has 11 heteroatoms. The van der Waals surface area contributed by atoms with Crippen molar-refractivity contribution in [3.63, 3.8) is 0 Å². The summed E-state index contributed by atoms with van der Waals surface area (Å²) in [4.78, 5) is 17.7. The first-order valence-electron chi connectivity index (χ1n) is 8.98. The number of aryl methyl sites for hydroxylation is 1. The van der Waals surface area contributed by atoms with Crippen molar-refractivity contribution in [2.75, 3.05) is 13.3 Å². The summed E-state index contributed by atoms with van der Waals surface area (Å²) < 4.78 is 40.9. The SMILES string of the molecule is Cn1c(=NC(=O)[C@H]2CCCN2S(=O)(=O)c2cccs2)sc2cc3c(cc21)OCO3. The Bertz CT molecular complexity index is 1270. The highest BCUT2D eigenvalue weighted by Gasteiger charge is 2.39. The molecule has 1 saturated heterocycles. The number of carbonyl (C=O) groups excluding carboxylic acids is 1. The molecule has 0 aliphatic carbocycles. The maximum absolute atomic E-state index is 12.9. The summed E-state index contributed by atoms with van der Waals surface area (Å²) >= 11 is 2.51. The summed E-state index contributed by atoms with van der Waals surface area (Å²) in [7, 11) is -1.87. The molecule has 0 spiro atoms. The first kappa shape index (κ1) is 18.8. The van der Waals surface area contributed by atoms with Crippen LogP contribution in [0.5, 0.6) is 11.5 Å². The normalized spacial score (nSPS) is 20.0. The number of nitrogens with zero attached hydrogens (tertiary/aromatic N) is 3. The van der Waals surface area contributed by atoms with Gasteiger partial charge in [-0.25, -0.2) is 8.42 Å². The second-order valence-corrected chi connectivity index (χ2v) is 10.8. The standard InChI is InChI=1S/C18H17N3O5S3/c1-20-12-8-13-14(26-10-25-13)9-15(12)28-18(20)19-17(22)11-4-2-6-21(11)29(23,24)16-5-3-7-27-16/h3,5,7-9,11H,2,4,6,10H2,1H3/t11-/m1/s1. The summed E-state index contributed by atoms with van der Waals surface area (Å²) in [5.74, 6) is 0.888. The van der Waals surface area contributed by atoms with E-state index in [-0.39, 0.29) is 11.0 Å². The van der Waals surface area contributed by atoms with Gasteiger partial charge < -0.3 is 14.0 Å². The molecule has 1 fully saturated rings. The Morgan fingerprint density at radius 3 is 2.83 bits per heavy atom. The van der Waals surface area contributed by atoms with Crippen LogP contribution in [0.3, 0.4) is 0 Å². The first-order valence-corrected chi connectivity index (χ1v) is 12.1. The number of hydrogen-bond donors (Lipinski definition) is 0. The monoisotopic (exact) mass is 451 g/mol. The van der Waals surface area contributed by atoms with Gasteiger partial charge in [0.25, 0.3) is 15.9 Å². The van der Waals surface area contributed by atoms with Crippen LogP contribution in [-0.4, -0.2) is 42.6 Å². The summed E-state index contributed by atoms with van der Waals surface area (Å²) in [6.45, 7) is 0.522. The van der Waals surface area contributed by atoms with Crippen molar-refractivity contribution in [1.82, 2.24) is 8.87 Å². The molecule has 0 unspecified atom stereocenters. The average Bonchev–Trinajstić information content (AvgIpc) is 3.48. The smallest absolute Gasteiger partial charge is 0.266 e. The van der Waals surface area contributed by atoms with E-state index in [9.17, 15) is 13.2 Å². The third-order valence-electron chi connectivity index (χ3n) is 5.06. The van der Waals surface area contributed by atoms with Crippen LogP contribution in [0.25, 0.3) is 10.2 Å². The number of amides is 1. The molecule has 8 nitrogen and oxygen atoms in total.